The first kappa shape index (κ1) is 21.9. The second-order valence-corrected chi connectivity index (χ2v) is 8.19. The maximum absolute atomic E-state index is 12.3. The van der Waals surface area contributed by atoms with Gasteiger partial charge in [0.15, 0.2) is 5.69 Å². The summed E-state index contributed by atoms with van der Waals surface area (Å²) in [5, 5.41) is 12.0. The molecule has 1 saturated heterocycles. The van der Waals surface area contributed by atoms with Crippen molar-refractivity contribution >= 4 is 27.9 Å². The molecule has 1 aliphatic heterocycles. The van der Waals surface area contributed by atoms with Gasteiger partial charge in [-0.2, -0.15) is 10.2 Å². The van der Waals surface area contributed by atoms with E-state index < -0.39 is 0 Å². The lowest BCUT2D eigenvalue weighted by atomic mass is 10.1. The number of thiazole rings is 1. The van der Waals surface area contributed by atoms with Gasteiger partial charge in [0, 0.05) is 45.2 Å². The van der Waals surface area contributed by atoms with Crippen LogP contribution < -0.4 is 16.8 Å². The third-order valence-electron chi connectivity index (χ3n) is 4.79. The van der Waals surface area contributed by atoms with E-state index in [0.717, 1.165) is 43.7 Å². The number of anilines is 2. The van der Waals surface area contributed by atoms with E-state index in [9.17, 15) is 4.79 Å². The summed E-state index contributed by atoms with van der Waals surface area (Å²) in [6.07, 6.45) is 8.30. The van der Waals surface area contributed by atoms with Gasteiger partial charge in [0.1, 0.15) is 10.0 Å². The van der Waals surface area contributed by atoms with Crippen LogP contribution in [0.1, 0.15) is 35.4 Å². The molecule has 0 aliphatic carbocycles. The zero-order valence-electron chi connectivity index (χ0n) is 17.5. The van der Waals surface area contributed by atoms with Crippen LogP contribution in [-0.2, 0) is 18.8 Å². The number of nitrogens with two attached hydrogens (primary N) is 2. The SMILES string of the molecule is Cc1c(-c2nc(C(=O)Nc3cnn(C)c3)c(N)s2)cnn1C.NC1CCCOCC1. The molecule has 3 aromatic rings. The number of aryl methyl sites for hydroxylation is 2. The Morgan fingerprint density at radius 1 is 1.27 bits per heavy atom. The molecule has 0 bridgehead atoms. The third kappa shape index (κ3) is 5.43. The fraction of sp³-hybridized carbons (Fsp3) is 0.474. The molecule has 0 radical (unpaired) electrons. The number of carbonyl (C=O) groups excluding carboxylic acids is 1. The number of aromatic nitrogens is 5. The lowest BCUT2D eigenvalue weighted by Crippen LogP contribution is -2.19. The Bertz CT molecular complexity index is 985. The van der Waals surface area contributed by atoms with Crippen molar-refractivity contribution in [3.63, 3.8) is 0 Å². The van der Waals surface area contributed by atoms with Crippen molar-refractivity contribution in [2.75, 3.05) is 24.3 Å². The Labute approximate surface area is 179 Å². The van der Waals surface area contributed by atoms with Crippen molar-refractivity contribution in [1.82, 2.24) is 24.5 Å². The molecule has 1 unspecified atom stereocenters. The maximum Gasteiger partial charge on any atom is 0.277 e. The van der Waals surface area contributed by atoms with E-state index >= 15 is 0 Å². The minimum Gasteiger partial charge on any atom is -0.389 e. The summed E-state index contributed by atoms with van der Waals surface area (Å²) in [5.41, 5.74) is 14.2. The quantitative estimate of drug-likeness (QED) is 0.575. The second-order valence-electron chi connectivity index (χ2n) is 7.16. The van der Waals surface area contributed by atoms with Crippen molar-refractivity contribution in [1.29, 1.82) is 0 Å². The normalized spacial score (nSPS) is 16.5. The molecular weight excluding hydrogens is 404 g/mol. The Kier molecular flexibility index (Phi) is 7.19. The first-order chi connectivity index (χ1) is 14.3. The predicted molar refractivity (Wildman–Crippen MR) is 117 cm³/mol. The second kappa shape index (κ2) is 9.83. The van der Waals surface area contributed by atoms with E-state index in [1.54, 1.807) is 35.0 Å². The average molecular weight is 433 g/mol. The molecule has 10 nitrogen and oxygen atoms in total. The van der Waals surface area contributed by atoms with Crippen LogP contribution in [0.3, 0.4) is 0 Å². The molecule has 0 saturated carbocycles. The molecule has 162 valence electrons. The lowest BCUT2D eigenvalue weighted by Gasteiger charge is -2.02. The van der Waals surface area contributed by atoms with Crippen LogP contribution in [0.15, 0.2) is 18.6 Å². The van der Waals surface area contributed by atoms with Gasteiger partial charge in [-0.05, 0) is 26.2 Å². The summed E-state index contributed by atoms with van der Waals surface area (Å²) < 4.78 is 8.54. The number of nitrogens with one attached hydrogen (secondary N) is 1. The van der Waals surface area contributed by atoms with Crippen molar-refractivity contribution in [2.45, 2.75) is 32.2 Å². The summed E-state index contributed by atoms with van der Waals surface area (Å²) in [5.74, 6) is -0.352. The molecule has 3 aromatic heterocycles. The van der Waals surface area contributed by atoms with Crippen LogP contribution >= 0.6 is 11.3 Å². The van der Waals surface area contributed by atoms with Gasteiger partial charge in [-0.15, -0.1) is 0 Å². The van der Waals surface area contributed by atoms with E-state index in [1.807, 2.05) is 14.0 Å². The zero-order valence-corrected chi connectivity index (χ0v) is 18.3. The Hall–Kier alpha value is -2.76. The predicted octanol–water partition coefficient (Wildman–Crippen LogP) is 1.93. The monoisotopic (exact) mass is 432 g/mol. The molecule has 0 aromatic carbocycles. The van der Waals surface area contributed by atoms with Gasteiger partial charge < -0.3 is 21.5 Å². The van der Waals surface area contributed by atoms with Crippen LogP contribution in [0.4, 0.5) is 10.7 Å². The fourth-order valence-corrected chi connectivity index (χ4v) is 3.81. The molecule has 1 atom stereocenters. The number of ether oxygens (including phenoxy) is 1. The average Bonchev–Trinajstić information content (AvgIpc) is 3.32. The van der Waals surface area contributed by atoms with Crippen LogP contribution in [0, 0.1) is 6.92 Å². The smallest absolute Gasteiger partial charge is 0.277 e. The number of hydrogen-bond donors (Lipinski definition) is 3. The van der Waals surface area contributed by atoms with Crippen molar-refractivity contribution < 1.29 is 9.53 Å². The summed E-state index contributed by atoms with van der Waals surface area (Å²) in [6, 6.07) is 0.400. The zero-order chi connectivity index (χ0) is 21.7. The number of carbonyl (C=O) groups is 1. The van der Waals surface area contributed by atoms with E-state index in [2.05, 4.69) is 20.5 Å². The van der Waals surface area contributed by atoms with E-state index in [0.29, 0.717) is 21.7 Å². The summed E-state index contributed by atoms with van der Waals surface area (Å²) in [6.45, 7) is 3.71. The molecule has 4 heterocycles. The first-order valence-electron chi connectivity index (χ1n) is 9.73. The topological polar surface area (TPSA) is 139 Å². The van der Waals surface area contributed by atoms with E-state index in [1.165, 1.54) is 11.3 Å². The van der Waals surface area contributed by atoms with Crippen molar-refractivity contribution in [3.8, 4) is 10.6 Å². The van der Waals surface area contributed by atoms with Crippen LogP contribution in [-0.4, -0.2) is 49.7 Å². The van der Waals surface area contributed by atoms with Gasteiger partial charge in [0.25, 0.3) is 5.91 Å². The van der Waals surface area contributed by atoms with Gasteiger partial charge in [-0.25, -0.2) is 4.98 Å². The summed E-state index contributed by atoms with van der Waals surface area (Å²) in [7, 11) is 3.63. The van der Waals surface area contributed by atoms with Crippen LogP contribution in [0.25, 0.3) is 10.6 Å². The Morgan fingerprint density at radius 2 is 2.07 bits per heavy atom. The van der Waals surface area contributed by atoms with Gasteiger partial charge in [-0.1, -0.05) is 11.3 Å². The highest BCUT2D eigenvalue weighted by atomic mass is 32.1. The summed E-state index contributed by atoms with van der Waals surface area (Å²) >= 11 is 1.27. The first-order valence-corrected chi connectivity index (χ1v) is 10.6. The molecule has 1 aliphatic rings. The third-order valence-corrected chi connectivity index (χ3v) is 5.71. The molecule has 30 heavy (non-hydrogen) atoms. The molecule has 4 rings (SSSR count). The van der Waals surface area contributed by atoms with Gasteiger partial charge in [0.2, 0.25) is 0 Å². The van der Waals surface area contributed by atoms with Gasteiger partial charge in [-0.3, -0.25) is 14.2 Å². The summed E-state index contributed by atoms with van der Waals surface area (Å²) in [4.78, 5) is 16.6. The van der Waals surface area contributed by atoms with Crippen LogP contribution in [0.2, 0.25) is 0 Å². The Balaban J connectivity index is 0.000000269. The van der Waals surface area contributed by atoms with Crippen LogP contribution in [0.5, 0.6) is 0 Å². The standard InChI is InChI=1S/C13H15N7OS.C6H13NO/c1-7-9(5-16-20(7)3)13-18-10(11(14)22-13)12(21)17-8-4-15-19(2)6-8;7-6-2-1-4-8-5-3-6/h4-6H,14H2,1-3H3,(H,17,21);6H,1-5,7H2. The van der Waals surface area contributed by atoms with E-state index in [-0.39, 0.29) is 11.6 Å². The molecular formula is C19H28N8O2S. The number of hydrogen-bond acceptors (Lipinski definition) is 8. The van der Waals surface area contributed by atoms with E-state index in [4.69, 9.17) is 16.2 Å². The van der Waals surface area contributed by atoms with Gasteiger partial charge in [0.05, 0.1) is 23.6 Å². The minimum absolute atomic E-state index is 0.215. The largest absolute Gasteiger partial charge is 0.389 e. The Morgan fingerprint density at radius 3 is 2.73 bits per heavy atom. The minimum atomic E-state index is -0.352. The molecule has 1 fully saturated rings. The number of rotatable bonds is 3. The number of amides is 1. The highest BCUT2D eigenvalue weighted by Gasteiger charge is 2.19. The molecule has 0 spiro atoms. The fourth-order valence-electron chi connectivity index (χ4n) is 2.92. The lowest BCUT2D eigenvalue weighted by molar-refractivity contribution is 0.102. The van der Waals surface area contributed by atoms with Gasteiger partial charge >= 0.3 is 0 Å². The molecule has 11 heteroatoms. The molecule has 1 amide bonds. The number of nitrogens with zero attached hydrogens (tertiary/aromatic N) is 5. The van der Waals surface area contributed by atoms with Crippen molar-refractivity contribution in [3.05, 3.63) is 30.0 Å². The number of nitrogen functional groups attached to an aromatic ring is 1. The molecule has 5 N–H and O–H groups in total. The van der Waals surface area contributed by atoms with Crippen molar-refractivity contribution in [2.24, 2.45) is 19.8 Å². The highest BCUT2D eigenvalue weighted by molar-refractivity contribution is 7.19. The highest BCUT2D eigenvalue weighted by Crippen LogP contribution is 2.32. The maximum atomic E-state index is 12.3.